The predicted molar refractivity (Wildman–Crippen MR) is 132 cm³/mol. The second kappa shape index (κ2) is 8.60. The molecule has 2 fully saturated rings. The minimum atomic E-state index is -0.897. The SMILES string of the molecule is Cc1ccc2c(N)c(C(=O)N[C@H]3COc4cc(N5CCN6CCCC6C5)c(F)c(F)c4C3)sc2n1. The van der Waals surface area contributed by atoms with E-state index in [4.69, 9.17) is 10.5 Å². The Labute approximate surface area is 205 Å². The zero-order chi connectivity index (χ0) is 24.3. The van der Waals surface area contributed by atoms with E-state index in [0.29, 0.717) is 40.3 Å². The van der Waals surface area contributed by atoms with Crippen LogP contribution in [0.5, 0.6) is 5.75 Å². The van der Waals surface area contributed by atoms with E-state index in [9.17, 15) is 4.79 Å². The van der Waals surface area contributed by atoms with Crippen LogP contribution in [0.1, 0.15) is 33.8 Å². The number of ether oxygens (including phenoxy) is 1. The van der Waals surface area contributed by atoms with E-state index in [-0.39, 0.29) is 30.2 Å². The van der Waals surface area contributed by atoms with Gasteiger partial charge in [-0.2, -0.15) is 0 Å². The van der Waals surface area contributed by atoms with Gasteiger partial charge in [0.1, 0.15) is 22.1 Å². The van der Waals surface area contributed by atoms with Crippen LogP contribution in [0, 0.1) is 18.6 Å². The number of carbonyl (C=O) groups is 1. The number of pyridine rings is 1. The second-order valence-electron chi connectivity index (χ2n) is 9.61. The lowest BCUT2D eigenvalue weighted by Crippen LogP contribution is -2.50. The van der Waals surface area contributed by atoms with E-state index in [2.05, 4.69) is 15.2 Å². The number of aromatic nitrogens is 1. The summed E-state index contributed by atoms with van der Waals surface area (Å²) in [7, 11) is 0. The summed E-state index contributed by atoms with van der Waals surface area (Å²) in [4.78, 5) is 22.8. The van der Waals surface area contributed by atoms with Gasteiger partial charge in [0.25, 0.3) is 5.91 Å². The summed E-state index contributed by atoms with van der Waals surface area (Å²) in [6.07, 6.45) is 2.38. The summed E-state index contributed by atoms with van der Waals surface area (Å²) < 4.78 is 36.2. The summed E-state index contributed by atoms with van der Waals surface area (Å²) >= 11 is 1.22. The van der Waals surface area contributed by atoms with Gasteiger partial charge in [0.2, 0.25) is 0 Å². The van der Waals surface area contributed by atoms with Crippen molar-refractivity contribution in [1.82, 2.24) is 15.2 Å². The zero-order valence-electron chi connectivity index (χ0n) is 19.4. The van der Waals surface area contributed by atoms with Gasteiger partial charge in [-0.15, -0.1) is 11.3 Å². The Morgan fingerprint density at radius 2 is 2.11 bits per heavy atom. The van der Waals surface area contributed by atoms with Crippen molar-refractivity contribution in [1.29, 1.82) is 0 Å². The van der Waals surface area contributed by atoms with Crippen LogP contribution >= 0.6 is 11.3 Å². The highest BCUT2D eigenvalue weighted by molar-refractivity contribution is 7.21. The summed E-state index contributed by atoms with van der Waals surface area (Å²) in [5.74, 6) is -1.77. The number of anilines is 2. The molecule has 1 aromatic carbocycles. The molecule has 5 heterocycles. The maximum Gasteiger partial charge on any atom is 0.263 e. The maximum absolute atomic E-state index is 15.2. The minimum absolute atomic E-state index is 0.142. The average molecular weight is 500 g/mol. The molecule has 0 spiro atoms. The lowest BCUT2D eigenvalue weighted by Gasteiger charge is -2.39. The van der Waals surface area contributed by atoms with E-state index in [1.807, 2.05) is 24.0 Å². The lowest BCUT2D eigenvalue weighted by molar-refractivity contribution is 0.0919. The number of amides is 1. The molecular formula is C25H27F2N5O2S. The molecule has 0 bridgehead atoms. The highest BCUT2D eigenvalue weighted by atomic mass is 32.1. The maximum atomic E-state index is 15.2. The monoisotopic (exact) mass is 499 g/mol. The van der Waals surface area contributed by atoms with E-state index < -0.39 is 17.7 Å². The van der Waals surface area contributed by atoms with Gasteiger partial charge in [0, 0.05) is 54.8 Å². The van der Waals surface area contributed by atoms with Crippen LogP contribution in [0.3, 0.4) is 0 Å². The third-order valence-electron chi connectivity index (χ3n) is 7.34. The number of hydrogen-bond acceptors (Lipinski definition) is 7. The first-order valence-electron chi connectivity index (χ1n) is 12.0. The number of benzene rings is 1. The van der Waals surface area contributed by atoms with Crippen molar-refractivity contribution in [3.8, 4) is 5.75 Å². The van der Waals surface area contributed by atoms with Crippen LogP contribution in [0.15, 0.2) is 18.2 Å². The number of nitrogens with zero attached hydrogens (tertiary/aromatic N) is 3. The minimum Gasteiger partial charge on any atom is -0.491 e. The molecule has 10 heteroatoms. The van der Waals surface area contributed by atoms with Gasteiger partial charge in [0.15, 0.2) is 11.6 Å². The molecule has 2 aromatic heterocycles. The van der Waals surface area contributed by atoms with Crippen LogP contribution < -0.4 is 20.7 Å². The first kappa shape index (κ1) is 22.5. The molecule has 1 unspecified atom stereocenters. The Balaban J connectivity index is 1.20. The summed E-state index contributed by atoms with van der Waals surface area (Å²) in [5.41, 5.74) is 7.82. The molecule has 2 saturated heterocycles. The van der Waals surface area contributed by atoms with Crippen molar-refractivity contribution in [2.75, 3.05) is 43.4 Å². The van der Waals surface area contributed by atoms with Crippen molar-refractivity contribution in [3.63, 3.8) is 0 Å². The molecule has 184 valence electrons. The highest BCUT2D eigenvalue weighted by Gasteiger charge is 2.34. The van der Waals surface area contributed by atoms with Gasteiger partial charge in [-0.1, -0.05) is 0 Å². The number of carbonyl (C=O) groups excluding carboxylic acids is 1. The van der Waals surface area contributed by atoms with Gasteiger partial charge in [-0.3, -0.25) is 9.69 Å². The van der Waals surface area contributed by atoms with Gasteiger partial charge in [0.05, 0.1) is 17.4 Å². The smallest absolute Gasteiger partial charge is 0.263 e. The van der Waals surface area contributed by atoms with Crippen LogP contribution in [0.25, 0.3) is 10.2 Å². The van der Waals surface area contributed by atoms with Crippen molar-refractivity contribution in [2.24, 2.45) is 0 Å². The lowest BCUT2D eigenvalue weighted by atomic mass is 10.00. The van der Waals surface area contributed by atoms with Crippen molar-refractivity contribution in [3.05, 3.63) is 46.0 Å². The number of halogens is 2. The molecule has 0 saturated carbocycles. The fourth-order valence-electron chi connectivity index (χ4n) is 5.48. The van der Waals surface area contributed by atoms with Crippen LogP contribution in [0.4, 0.5) is 20.2 Å². The first-order chi connectivity index (χ1) is 16.9. The molecular weight excluding hydrogens is 472 g/mol. The van der Waals surface area contributed by atoms with Crippen LogP contribution in [0.2, 0.25) is 0 Å². The van der Waals surface area contributed by atoms with Crippen LogP contribution in [-0.2, 0) is 6.42 Å². The topological polar surface area (TPSA) is 83.7 Å². The van der Waals surface area contributed by atoms with Gasteiger partial charge in [-0.25, -0.2) is 13.8 Å². The number of hydrogen-bond donors (Lipinski definition) is 2. The number of thiophene rings is 1. The standard InChI is InChI=1S/C25H27F2N5O2S/c1-13-4-5-16-22(28)23(35-25(16)29-13)24(33)30-14-9-17-19(34-12-14)10-18(21(27)20(17)26)32-8-7-31-6-2-3-15(31)11-32/h4-5,10,14-15H,2-3,6-9,11-12,28H2,1H3,(H,30,33)/t14-,15?/m1/s1. The second-order valence-corrected chi connectivity index (χ2v) is 10.6. The third-order valence-corrected chi connectivity index (χ3v) is 8.45. The Morgan fingerprint density at radius 3 is 2.97 bits per heavy atom. The molecule has 7 nitrogen and oxygen atoms in total. The van der Waals surface area contributed by atoms with Crippen molar-refractivity contribution < 1.29 is 18.3 Å². The number of piperazine rings is 1. The molecule has 0 radical (unpaired) electrons. The summed E-state index contributed by atoms with van der Waals surface area (Å²) in [6, 6.07) is 5.20. The van der Waals surface area contributed by atoms with Gasteiger partial charge in [-0.05, 0) is 38.4 Å². The van der Waals surface area contributed by atoms with E-state index in [0.717, 1.165) is 37.0 Å². The van der Waals surface area contributed by atoms with Crippen molar-refractivity contribution in [2.45, 2.75) is 38.3 Å². The average Bonchev–Trinajstić information content (AvgIpc) is 3.45. The Morgan fingerprint density at radius 1 is 1.26 bits per heavy atom. The molecule has 0 aliphatic carbocycles. The zero-order valence-corrected chi connectivity index (χ0v) is 20.3. The first-order valence-corrected chi connectivity index (χ1v) is 12.8. The largest absolute Gasteiger partial charge is 0.491 e. The molecule has 1 amide bonds. The normalized spacial score (nSPS) is 22.1. The Hall–Kier alpha value is -2.98. The fourth-order valence-corrected chi connectivity index (χ4v) is 6.53. The number of rotatable bonds is 3. The van der Waals surface area contributed by atoms with E-state index >= 15 is 8.78 Å². The van der Waals surface area contributed by atoms with Gasteiger partial charge < -0.3 is 20.7 Å². The summed E-state index contributed by atoms with van der Waals surface area (Å²) in [6.45, 7) is 5.34. The number of nitrogens with one attached hydrogen (secondary N) is 1. The van der Waals surface area contributed by atoms with E-state index in [1.54, 1.807) is 6.07 Å². The molecule has 2 atom stereocenters. The van der Waals surface area contributed by atoms with Crippen LogP contribution in [-0.4, -0.2) is 60.7 Å². The predicted octanol–water partition coefficient (Wildman–Crippen LogP) is 3.48. The number of nitrogens with two attached hydrogens (primary N) is 1. The Kier molecular flexibility index (Phi) is 5.52. The molecule has 3 aliphatic heterocycles. The molecule has 35 heavy (non-hydrogen) atoms. The Bertz CT molecular complexity index is 1330. The quantitative estimate of drug-likeness (QED) is 0.574. The molecule has 3 N–H and O–H groups in total. The number of fused-ring (bicyclic) bond motifs is 3. The molecule has 6 rings (SSSR count). The van der Waals surface area contributed by atoms with E-state index in [1.165, 1.54) is 11.3 Å². The van der Waals surface area contributed by atoms with Gasteiger partial charge >= 0.3 is 0 Å². The third kappa shape index (κ3) is 3.88. The fraction of sp³-hybridized carbons (Fsp3) is 0.440. The number of aryl methyl sites for hydroxylation is 1. The number of nitrogen functional groups attached to an aromatic ring is 1. The van der Waals surface area contributed by atoms with Crippen molar-refractivity contribution >= 4 is 38.8 Å². The molecule has 3 aliphatic rings. The summed E-state index contributed by atoms with van der Waals surface area (Å²) in [5, 5.41) is 3.61. The molecule has 3 aromatic rings. The highest BCUT2D eigenvalue weighted by Crippen LogP contribution is 2.37.